The van der Waals surface area contributed by atoms with Crippen LogP contribution in [-0.2, 0) is 6.42 Å². The summed E-state index contributed by atoms with van der Waals surface area (Å²) in [6.45, 7) is 2.00. The number of benzene rings is 2. The highest BCUT2D eigenvalue weighted by Gasteiger charge is 2.07. The predicted molar refractivity (Wildman–Crippen MR) is 64.6 cm³/mol. The highest BCUT2D eigenvalue weighted by Crippen LogP contribution is 2.33. The summed E-state index contributed by atoms with van der Waals surface area (Å²) in [7, 11) is 0. The van der Waals surface area contributed by atoms with E-state index < -0.39 is 0 Å². The van der Waals surface area contributed by atoms with Crippen molar-refractivity contribution >= 4 is 0 Å². The van der Waals surface area contributed by atoms with Crippen LogP contribution in [0.1, 0.15) is 12.5 Å². The first-order chi connectivity index (χ1) is 7.72. The molecule has 0 aliphatic heterocycles. The Morgan fingerprint density at radius 2 is 1.75 bits per heavy atom. The SMILES string of the molecule is CCc1cccc(-c2cccc(O)c2)c1O. The van der Waals surface area contributed by atoms with Gasteiger partial charge in [0, 0.05) is 5.56 Å². The highest BCUT2D eigenvalue weighted by molar-refractivity contribution is 5.72. The Hall–Kier alpha value is -1.96. The van der Waals surface area contributed by atoms with Crippen LogP contribution in [0.3, 0.4) is 0 Å². The number of aromatic hydroxyl groups is 2. The molecule has 0 amide bonds. The van der Waals surface area contributed by atoms with Gasteiger partial charge in [0.15, 0.2) is 0 Å². The van der Waals surface area contributed by atoms with Gasteiger partial charge in [0.1, 0.15) is 11.5 Å². The predicted octanol–water partition coefficient (Wildman–Crippen LogP) is 3.33. The molecule has 2 nitrogen and oxygen atoms in total. The van der Waals surface area contributed by atoms with Crippen LogP contribution < -0.4 is 0 Å². The molecule has 2 aromatic rings. The minimum atomic E-state index is 0.207. The van der Waals surface area contributed by atoms with Crippen molar-refractivity contribution in [3.05, 3.63) is 48.0 Å². The molecule has 0 aliphatic rings. The Balaban J connectivity index is 2.56. The van der Waals surface area contributed by atoms with Crippen molar-refractivity contribution in [2.24, 2.45) is 0 Å². The van der Waals surface area contributed by atoms with E-state index in [0.717, 1.165) is 23.1 Å². The van der Waals surface area contributed by atoms with E-state index in [0.29, 0.717) is 5.75 Å². The van der Waals surface area contributed by atoms with Gasteiger partial charge in [0.2, 0.25) is 0 Å². The molecule has 0 heterocycles. The van der Waals surface area contributed by atoms with Gasteiger partial charge in [-0.05, 0) is 29.7 Å². The van der Waals surface area contributed by atoms with Crippen molar-refractivity contribution < 1.29 is 10.2 Å². The summed E-state index contributed by atoms with van der Waals surface area (Å²) in [6.07, 6.45) is 0.790. The molecule has 0 saturated carbocycles. The summed E-state index contributed by atoms with van der Waals surface area (Å²) in [6, 6.07) is 12.6. The third-order valence-corrected chi connectivity index (χ3v) is 2.66. The fourth-order valence-corrected chi connectivity index (χ4v) is 1.78. The van der Waals surface area contributed by atoms with Gasteiger partial charge in [0.25, 0.3) is 0 Å². The number of hydrogen-bond acceptors (Lipinski definition) is 2. The molecule has 0 radical (unpaired) electrons. The number of phenols is 2. The zero-order valence-corrected chi connectivity index (χ0v) is 9.14. The van der Waals surface area contributed by atoms with Crippen molar-refractivity contribution in [1.29, 1.82) is 0 Å². The van der Waals surface area contributed by atoms with Crippen LogP contribution in [0.4, 0.5) is 0 Å². The van der Waals surface area contributed by atoms with Crippen molar-refractivity contribution in [3.8, 4) is 22.6 Å². The van der Waals surface area contributed by atoms with E-state index in [1.165, 1.54) is 0 Å². The van der Waals surface area contributed by atoms with Gasteiger partial charge in [-0.2, -0.15) is 0 Å². The van der Waals surface area contributed by atoms with Gasteiger partial charge in [-0.15, -0.1) is 0 Å². The number of rotatable bonds is 2. The summed E-state index contributed by atoms with van der Waals surface area (Å²) < 4.78 is 0. The second kappa shape index (κ2) is 4.27. The molecule has 0 unspecified atom stereocenters. The molecule has 0 fully saturated rings. The normalized spacial score (nSPS) is 10.3. The van der Waals surface area contributed by atoms with Crippen LogP contribution in [0.25, 0.3) is 11.1 Å². The Bertz CT molecular complexity index is 504. The fraction of sp³-hybridized carbons (Fsp3) is 0.143. The molecule has 0 spiro atoms. The number of para-hydroxylation sites is 1. The Morgan fingerprint density at radius 3 is 2.44 bits per heavy atom. The second-order valence-corrected chi connectivity index (χ2v) is 3.72. The van der Waals surface area contributed by atoms with Gasteiger partial charge >= 0.3 is 0 Å². The van der Waals surface area contributed by atoms with Gasteiger partial charge in [-0.25, -0.2) is 0 Å². The molecular weight excluding hydrogens is 200 g/mol. The lowest BCUT2D eigenvalue weighted by Crippen LogP contribution is -1.85. The molecule has 82 valence electrons. The zero-order valence-electron chi connectivity index (χ0n) is 9.14. The minimum absolute atomic E-state index is 0.207. The first-order valence-electron chi connectivity index (χ1n) is 5.32. The van der Waals surface area contributed by atoms with Crippen LogP contribution >= 0.6 is 0 Å². The number of hydrogen-bond donors (Lipinski definition) is 2. The highest BCUT2D eigenvalue weighted by atomic mass is 16.3. The lowest BCUT2D eigenvalue weighted by molar-refractivity contribution is 0.470. The van der Waals surface area contributed by atoms with Crippen LogP contribution in [0, 0.1) is 0 Å². The van der Waals surface area contributed by atoms with Gasteiger partial charge in [0.05, 0.1) is 0 Å². The zero-order chi connectivity index (χ0) is 11.5. The summed E-state index contributed by atoms with van der Waals surface area (Å²) >= 11 is 0. The third-order valence-electron chi connectivity index (χ3n) is 2.66. The smallest absolute Gasteiger partial charge is 0.126 e. The first kappa shape index (κ1) is 10.6. The molecule has 0 aromatic heterocycles. The average molecular weight is 214 g/mol. The van der Waals surface area contributed by atoms with Crippen molar-refractivity contribution in [2.75, 3.05) is 0 Å². The molecule has 16 heavy (non-hydrogen) atoms. The van der Waals surface area contributed by atoms with E-state index in [1.54, 1.807) is 18.2 Å². The van der Waals surface area contributed by atoms with E-state index in [9.17, 15) is 10.2 Å². The van der Waals surface area contributed by atoms with Crippen LogP contribution in [0.5, 0.6) is 11.5 Å². The largest absolute Gasteiger partial charge is 0.508 e. The van der Waals surface area contributed by atoms with Crippen LogP contribution in [0.2, 0.25) is 0 Å². The molecule has 2 rings (SSSR count). The number of phenolic OH excluding ortho intramolecular Hbond substituents is 2. The van der Waals surface area contributed by atoms with E-state index in [2.05, 4.69) is 0 Å². The Labute approximate surface area is 94.8 Å². The molecule has 2 heteroatoms. The maximum Gasteiger partial charge on any atom is 0.126 e. The van der Waals surface area contributed by atoms with Crippen molar-refractivity contribution in [1.82, 2.24) is 0 Å². The molecule has 0 atom stereocenters. The van der Waals surface area contributed by atoms with Gasteiger partial charge < -0.3 is 10.2 Å². The fourth-order valence-electron chi connectivity index (χ4n) is 1.78. The Kier molecular flexibility index (Phi) is 2.82. The maximum atomic E-state index is 10.1. The van der Waals surface area contributed by atoms with E-state index >= 15 is 0 Å². The van der Waals surface area contributed by atoms with E-state index in [-0.39, 0.29) is 5.75 Å². The molecule has 2 aromatic carbocycles. The lowest BCUT2D eigenvalue weighted by atomic mass is 10.0. The quantitative estimate of drug-likeness (QED) is 0.805. The number of aryl methyl sites for hydroxylation is 1. The van der Waals surface area contributed by atoms with E-state index in [1.807, 2.05) is 31.2 Å². The molecular formula is C14H14O2. The standard InChI is InChI=1S/C14H14O2/c1-2-10-5-4-8-13(14(10)16)11-6-3-7-12(15)9-11/h3-9,15-16H,2H2,1H3. The topological polar surface area (TPSA) is 40.5 Å². The lowest BCUT2D eigenvalue weighted by Gasteiger charge is -2.08. The van der Waals surface area contributed by atoms with Crippen molar-refractivity contribution in [3.63, 3.8) is 0 Å². The van der Waals surface area contributed by atoms with Crippen molar-refractivity contribution in [2.45, 2.75) is 13.3 Å². The summed E-state index contributed by atoms with van der Waals surface area (Å²) in [5.41, 5.74) is 2.50. The Morgan fingerprint density at radius 1 is 1.00 bits per heavy atom. The molecule has 0 bridgehead atoms. The molecule has 2 N–H and O–H groups in total. The van der Waals surface area contributed by atoms with Crippen LogP contribution in [-0.4, -0.2) is 10.2 Å². The first-order valence-corrected chi connectivity index (χ1v) is 5.32. The second-order valence-electron chi connectivity index (χ2n) is 3.72. The molecule has 0 aliphatic carbocycles. The molecule has 0 saturated heterocycles. The summed E-state index contributed by atoms with van der Waals surface area (Å²) in [5.74, 6) is 0.509. The average Bonchev–Trinajstić information content (AvgIpc) is 2.29. The maximum absolute atomic E-state index is 10.1. The van der Waals surface area contributed by atoms with Gasteiger partial charge in [-0.3, -0.25) is 0 Å². The van der Waals surface area contributed by atoms with Crippen LogP contribution in [0.15, 0.2) is 42.5 Å². The minimum Gasteiger partial charge on any atom is -0.508 e. The van der Waals surface area contributed by atoms with Gasteiger partial charge in [-0.1, -0.05) is 37.3 Å². The third kappa shape index (κ3) is 1.87. The summed E-state index contributed by atoms with van der Waals surface area (Å²) in [5, 5.41) is 19.5. The monoisotopic (exact) mass is 214 g/mol. The van der Waals surface area contributed by atoms with E-state index in [4.69, 9.17) is 0 Å². The summed E-state index contributed by atoms with van der Waals surface area (Å²) in [4.78, 5) is 0.